The van der Waals surface area contributed by atoms with Gasteiger partial charge in [0.1, 0.15) is 5.82 Å². The van der Waals surface area contributed by atoms with Crippen molar-refractivity contribution in [1.82, 2.24) is 0 Å². The summed E-state index contributed by atoms with van der Waals surface area (Å²) in [5.41, 5.74) is 7.27. The van der Waals surface area contributed by atoms with Crippen molar-refractivity contribution in [2.24, 2.45) is 5.73 Å². The molecule has 28 heavy (non-hydrogen) atoms. The number of primary amides is 1. The van der Waals surface area contributed by atoms with E-state index in [9.17, 15) is 4.39 Å². The first-order valence-corrected chi connectivity index (χ1v) is 9.62. The van der Waals surface area contributed by atoms with Crippen LogP contribution in [0, 0.1) is 12.7 Å². The van der Waals surface area contributed by atoms with Gasteiger partial charge in [-0.1, -0.05) is 37.6 Å². The van der Waals surface area contributed by atoms with Crippen LogP contribution in [0.5, 0.6) is 0 Å². The summed E-state index contributed by atoms with van der Waals surface area (Å²) < 4.78 is 19.6. The Bertz CT molecular complexity index is 736. The SMILES string of the molecule is CC.COC(C)(C)CCNc1cc(-c2cccc(Cl)c2)c(C)cc1F.NC=O. The molecular weight excluding hydrogens is 379 g/mol. The molecule has 2 aromatic rings. The Morgan fingerprint density at radius 1 is 1.25 bits per heavy atom. The molecule has 1 amide bonds. The molecule has 156 valence electrons. The predicted octanol–water partition coefficient (Wildman–Crippen LogP) is 5.81. The van der Waals surface area contributed by atoms with E-state index in [1.54, 1.807) is 13.2 Å². The van der Waals surface area contributed by atoms with E-state index in [4.69, 9.17) is 21.1 Å². The summed E-state index contributed by atoms with van der Waals surface area (Å²) in [6.45, 7) is 10.6. The van der Waals surface area contributed by atoms with Gasteiger partial charge in [-0.25, -0.2) is 4.39 Å². The third-order valence-electron chi connectivity index (χ3n) is 4.04. The molecule has 0 spiro atoms. The van der Waals surface area contributed by atoms with E-state index in [-0.39, 0.29) is 17.8 Å². The van der Waals surface area contributed by atoms with E-state index in [0.717, 1.165) is 23.1 Å². The molecule has 2 rings (SSSR count). The van der Waals surface area contributed by atoms with Gasteiger partial charge in [0.25, 0.3) is 0 Å². The largest absolute Gasteiger partial charge is 0.383 e. The number of ether oxygens (including phenoxy) is 1. The third kappa shape index (κ3) is 8.72. The quantitative estimate of drug-likeness (QED) is 0.590. The van der Waals surface area contributed by atoms with Crippen LogP contribution in [-0.2, 0) is 9.53 Å². The fourth-order valence-electron chi connectivity index (χ4n) is 2.38. The highest BCUT2D eigenvalue weighted by molar-refractivity contribution is 6.30. The summed E-state index contributed by atoms with van der Waals surface area (Å²) in [5.74, 6) is -0.247. The average molecular weight is 411 g/mol. The van der Waals surface area contributed by atoms with Crippen LogP contribution in [0.25, 0.3) is 11.1 Å². The molecule has 0 aromatic heterocycles. The number of carbonyl (C=O) groups is 1. The van der Waals surface area contributed by atoms with Gasteiger partial charge >= 0.3 is 0 Å². The first-order chi connectivity index (χ1) is 13.2. The second-order valence-corrected chi connectivity index (χ2v) is 6.87. The second kappa shape index (κ2) is 13.1. The molecule has 0 aliphatic heterocycles. The molecule has 0 unspecified atom stereocenters. The lowest BCUT2D eigenvalue weighted by molar-refractivity contribution is -0.106. The Hall–Kier alpha value is -2.11. The van der Waals surface area contributed by atoms with E-state index < -0.39 is 0 Å². The molecule has 0 heterocycles. The van der Waals surface area contributed by atoms with Gasteiger partial charge in [0.15, 0.2) is 0 Å². The van der Waals surface area contributed by atoms with E-state index in [0.29, 0.717) is 17.3 Å². The van der Waals surface area contributed by atoms with Crippen LogP contribution in [0.15, 0.2) is 36.4 Å². The minimum absolute atomic E-state index is 0.232. The summed E-state index contributed by atoms with van der Waals surface area (Å²) in [6, 6.07) is 11.0. The van der Waals surface area contributed by atoms with Crippen molar-refractivity contribution in [3.05, 3.63) is 52.8 Å². The maximum atomic E-state index is 14.2. The third-order valence-corrected chi connectivity index (χ3v) is 4.28. The van der Waals surface area contributed by atoms with Crippen molar-refractivity contribution >= 4 is 23.7 Å². The average Bonchev–Trinajstić information content (AvgIpc) is 2.66. The molecule has 0 bridgehead atoms. The van der Waals surface area contributed by atoms with Crippen LogP contribution in [0.1, 0.15) is 39.7 Å². The molecular formula is C22H32ClFN2O2. The lowest BCUT2D eigenvalue weighted by Crippen LogP contribution is -2.25. The number of rotatable bonds is 6. The first-order valence-electron chi connectivity index (χ1n) is 9.24. The van der Waals surface area contributed by atoms with E-state index in [1.807, 2.05) is 65.0 Å². The smallest absolute Gasteiger partial charge is 0.204 e. The Kier molecular flexibility index (Phi) is 12.1. The highest BCUT2D eigenvalue weighted by Crippen LogP contribution is 2.30. The van der Waals surface area contributed by atoms with Gasteiger partial charge in [-0.05, 0) is 68.1 Å². The number of carbonyl (C=O) groups excluding carboxylic acids is 1. The number of methoxy groups -OCH3 is 1. The fourth-order valence-corrected chi connectivity index (χ4v) is 2.57. The number of hydrogen-bond acceptors (Lipinski definition) is 3. The highest BCUT2D eigenvalue weighted by atomic mass is 35.5. The summed E-state index contributed by atoms with van der Waals surface area (Å²) >= 11 is 6.06. The molecule has 0 fully saturated rings. The highest BCUT2D eigenvalue weighted by Gasteiger charge is 2.16. The maximum Gasteiger partial charge on any atom is 0.204 e. The van der Waals surface area contributed by atoms with Crippen molar-refractivity contribution in [2.75, 3.05) is 19.0 Å². The Labute approximate surface area is 173 Å². The number of halogens is 2. The number of nitrogens with two attached hydrogens (primary N) is 1. The van der Waals surface area contributed by atoms with Gasteiger partial charge in [0.05, 0.1) is 11.3 Å². The van der Waals surface area contributed by atoms with Crippen molar-refractivity contribution in [3.8, 4) is 11.1 Å². The van der Waals surface area contributed by atoms with E-state index >= 15 is 0 Å². The van der Waals surface area contributed by atoms with Gasteiger partial charge in [-0.3, -0.25) is 4.79 Å². The van der Waals surface area contributed by atoms with E-state index in [1.165, 1.54) is 0 Å². The van der Waals surface area contributed by atoms with Crippen molar-refractivity contribution in [2.45, 2.75) is 46.6 Å². The normalized spacial score (nSPS) is 10.1. The summed E-state index contributed by atoms with van der Waals surface area (Å²) in [4.78, 5) is 8.58. The van der Waals surface area contributed by atoms with Crippen LogP contribution < -0.4 is 11.1 Å². The monoisotopic (exact) mass is 410 g/mol. The van der Waals surface area contributed by atoms with Gasteiger partial charge < -0.3 is 15.8 Å². The molecule has 2 aromatic carbocycles. The minimum atomic E-state index is -0.247. The Morgan fingerprint density at radius 3 is 2.39 bits per heavy atom. The van der Waals surface area contributed by atoms with Crippen LogP contribution in [0.4, 0.5) is 10.1 Å². The van der Waals surface area contributed by atoms with Crippen LogP contribution in [0.3, 0.4) is 0 Å². The topological polar surface area (TPSA) is 64.3 Å². The van der Waals surface area contributed by atoms with Gasteiger partial charge in [-0.15, -0.1) is 0 Å². The minimum Gasteiger partial charge on any atom is -0.383 e. The van der Waals surface area contributed by atoms with Crippen LogP contribution in [0.2, 0.25) is 5.02 Å². The number of aryl methyl sites for hydroxylation is 1. The first kappa shape index (κ1) is 25.9. The maximum absolute atomic E-state index is 14.2. The van der Waals surface area contributed by atoms with E-state index in [2.05, 4.69) is 11.1 Å². The van der Waals surface area contributed by atoms with Gasteiger partial charge in [0, 0.05) is 18.7 Å². The Morgan fingerprint density at radius 2 is 1.86 bits per heavy atom. The lowest BCUT2D eigenvalue weighted by atomic mass is 9.99. The molecule has 0 aliphatic carbocycles. The molecule has 0 atom stereocenters. The summed E-state index contributed by atoms with van der Waals surface area (Å²) in [7, 11) is 1.68. The number of benzene rings is 2. The molecule has 4 nitrogen and oxygen atoms in total. The number of amides is 1. The zero-order chi connectivity index (χ0) is 21.7. The fraction of sp³-hybridized carbons (Fsp3) is 0.409. The molecule has 3 N–H and O–H groups in total. The molecule has 0 saturated heterocycles. The predicted molar refractivity (Wildman–Crippen MR) is 117 cm³/mol. The summed E-state index contributed by atoms with van der Waals surface area (Å²) in [5, 5.41) is 3.84. The van der Waals surface area contributed by atoms with Crippen molar-refractivity contribution in [1.29, 1.82) is 0 Å². The lowest BCUT2D eigenvalue weighted by Gasteiger charge is -2.23. The van der Waals surface area contributed by atoms with Gasteiger partial charge in [-0.2, -0.15) is 0 Å². The number of hydrogen-bond donors (Lipinski definition) is 2. The summed E-state index contributed by atoms with van der Waals surface area (Å²) in [6.07, 6.45) is 1.03. The standard InChI is InChI=1S/C19H23ClFNO.C2H6.CH3NO/c1-13-10-17(21)18(22-9-8-19(2,3)23-4)12-16(13)14-6-5-7-15(20)11-14;1-2;2-1-3/h5-7,10-12,22H,8-9H2,1-4H3;1-2H3;1H,(H2,2,3). The van der Waals surface area contributed by atoms with Crippen molar-refractivity contribution < 1.29 is 13.9 Å². The second-order valence-electron chi connectivity index (χ2n) is 6.43. The molecule has 6 heteroatoms. The number of anilines is 1. The number of nitrogens with one attached hydrogen (secondary N) is 1. The van der Waals surface area contributed by atoms with Crippen LogP contribution in [-0.4, -0.2) is 25.7 Å². The zero-order valence-electron chi connectivity index (χ0n) is 17.6. The molecule has 0 radical (unpaired) electrons. The van der Waals surface area contributed by atoms with Gasteiger partial charge in [0.2, 0.25) is 6.41 Å². The van der Waals surface area contributed by atoms with Crippen LogP contribution >= 0.6 is 11.6 Å². The molecule has 0 saturated carbocycles. The molecule has 0 aliphatic rings. The Balaban J connectivity index is 0.00000133. The zero-order valence-corrected chi connectivity index (χ0v) is 18.4. The van der Waals surface area contributed by atoms with Crippen molar-refractivity contribution in [3.63, 3.8) is 0 Å².